The van der Waals surface area contributed by atoms with Crippen molar-refractivity contribution in [2.75, 3.05) is 0 Å². The van der Waals surface area contributed by atoms with Crippen molar-refractivity contribution < 1.29 is 0 Å². The zero-order valence-corrected chi connectivity index (χ0v) is 10.4. The lowest BCUT2D eigenvalue weighted by Crippen LogP contribution is -2.02. The van der Waals surface area contributed by atoms with E-state index in [2.05, 4.69) is 13.5 Å². The van der Waals surface area contributed by atoms with Crippen molar-refractivity contribution in [1.82, 2.24) is 0 Å². The van der Waals surface area contributed by atoms with Crippen molar-refractivity contribution in [2.24, 2.45) is 0 Å². The maximum Gasteiger partial charge on any atom is 0.239 e. The van der Waals surface area contributed by atoms with Crippen LogP contribution in [0.2, 0.25) is 5.54 Å². The fourth-order valence-electron chi connectivity index (χ4n) is 1.06. The summed E-state index contributed by atoms with van der Waals surface area (Å²) in [6, 6.07) is 0. The lowest BCUT2D eigenvalue weighted by Gasteiger charge is -2.09. The van der Waals surface area contributed by atoms with Gasteiger partial charge in [0.25, 0.3) is 0 Å². The van der Waals surface area contributed by atoms with Crippen molar-refractivity contribution >= 4 is 29.6 Å². The van der Waals surface area contributed by atoms with Gasteiger partial charge in [0.05, 0.1) is 0 Å². The molecule has 0 aliphatic heterocycles. The number of rotatable bonds is 7. The average Bonchev–Trinajstić information content (AvgIpc) is 2.03. The van der Waals surface area contributed by atoms with Crippen molar-refractivity contribution in [3.63, 3.8) is 0 Å². The number of hydrogen-bond acceptors (Lipinski definition) is 0. The smallest absolute Gasteiger partial charge is 0.150 e. The predicted octanol–water partition coefficient (Wildman–Crippen LogP) is 4.21. The molecule has 0 amide bonds. The van der Waals surface area contributed by atoms with E-state index in [9.17, 15) is 0 Å². The first-order valence-electron chi connectivity index (χ1n) is 4.57. The van der Waals surface area contributed by atoms with Gasteiger partial charge in [-0.15, -0.1) is 6.58 Å². The molecule has 0 aliphatic rings. The maximum atomic E-state index is 5.86. The fraction of sp³-hybridized carbons (Fsp3) is 0.778. The SMILES string of the molecule is C=CCCCCCC(C)[SiH](Cl)Cl. The third-order valence-electron chi connectivity index (χ3n) is 2.00. The lowest BCUT2D eigenvalue weighted by atomic mass is 10.1. The first kappa shape index (κ1) is 12.5. The van der Waals surface area contributed by atoms with Crippen LogP contribution in [0.1, 0.15) is 39.0 Å². The maximum absolute atomic E-state index is 5.86. The minimum Gasteiger partial charge on any atom is -0.150 e. The van der Waals surface area contributed by atoms with Gasteiger partial charge in [-0.1, -0.05) is 32.3 Å². The van der Waals surface area contributed by atoms with E-state index in [1.807, 2.05) is 6.08 Å². The Morgan fingerprint density at radius 2 is 2.00 bits per heavy atom. The molecule has 0 bridgehead atoms. The van der Waals surface area contributed by atoms with Crippen LogP contribution in [0.5, 0.6) is 0 Å². The van der Waals surface area contributed by atoms with Gasteiger partial charge in [0.15, 0.2) is 0 Å². The van der Waals surface area contributed by atoms with Gasteiger partial charge >= 0.3 is 0 Å². The molecule has 1 atom stereocenters. The summed E-state index contributed by atoms with van der Waals surface area (Å²) in [6.45, 7) is 5.84. The zero-order valence-electron chi connectivity index (χ0n) is 7.73. The average molecular weight is 225 g/mol. The molecule has 0 nitrogen and oxygen atoms in total. The van der Waals surface area contributed by atoms with Crippen LogP contribution in [0.15, 0.2) is 12.7 Å². The molecule has 1 unspecified atom stereocenters. The number of allylic oxidation sites excluding steroid dienone is 1. The van der Waals surface area contributed by atoms with Gasteiger partial charge in [0.1, 0.15) is 0 Å². The summed E-state index contributed by atoms with van der Waals surface area (Å²) in [5.74, 6) is 0. The molecule has 0 fully saturated rings. The van der Waals surface area contributed by atoms with Crippen LogP contribution in [-0.2, 0) is 0 Å². The fourth-order valence-corrected chi connectivity index (χ4v) is 2.30. The van der Waals surface area contributed by atoms with E-state index in [0.717, 1.165) is 6.42 Å². The molecular weight excluding hydrogens is 207 g/mol. The Morgan fingerprint density at radius 3 is 2.50 bits per heavy atom. The van der Waals surface area contributed by atoms with Gasteiger partial charge < -0.3 is 0 Å². The van der Waals surface area contributed by atoms with E-state index in [1.54, 1.807) is 0 Å². The van der Waals surface area contributed by atoms with Crippen molar-refractivity contribution in [1.29, 1.82) is 0 Å². The van der Waals surface area contributed by atoms with E-state index in [-0.39, 0.29) is 0 Å². The Morgan fingerprint density at radius 1 is 1.33 bits per heavy atom. The highest BCUT2D eigenvalue weighted by Gasteiger charge is 2.12. The minimum atomic E-state index is -1.40. The molecule has 0 aromatic rings. The van der Waals surface area contributed by atoms with Crippen molar-refractivity contribution in [3.05, 3.63) is 12.7 Å². The number of unbranched alkanes of at least 4 members (excludes halogenated alkanes) is 3. The molecule has 0 rings (SSSR count). The molecule has 0 aromatic carbocycles. The molecule has 0 aliphatic carbocycles. The highest BCUT2D eigenvalue weighted by atomic mass is 35.7. The second-order valence-electron chi connectivity index (χ2n) is 3.24. The highest BCUT2D eigenvalue weighted by molar-refractivity contribution is 7.34. The van der Waals surface area contributed by atoms with E-state index < -0.39 is 7.42 Å². The van der Waals surface area contributed by atoms with E-state index in [1.165, 1.54) is 25.7 Å². The van der Waals surface area contributed by atoms with Gasteiger partial charge in [0, 0.05) is 0 Å². The summed E-state index contributed by atoms with van der Waals surface area (Å²) in [7, 11) is -1.40. The van der Waals surface area contributed by atoms with Crippen LogP contribution in [0.3, 0.4) is 0 Å². The Kier molecular flexibility index (Phi) is 8.51. The van der Waals surface area contributed by atoms with E-state index >= 15 is 0 Å². The summed E-state index contributed by atoms with van der Waals surface area (Å²) < 4.78 is 0. The summed E-state index contributed by atoms with van der Waals surface area (Å²) in [5, 5.41) is 0. The summed E-state index contributed by atoms with van der Waals surface area (Å²) >= 11 is 11.7. The van der Waals surface area contributed by atoms with Crippen molar-refractivity contribution in [2.45, 2.75) is 44.6 Å². The lowest BCUT2D eigenvalue weighted by molar-refractivity contribution is 0.635. The quantitative estimate of drug-likeness (QED) is 0.263. The molecule has 72 valence electrons. The first-order chi connectivity index (χ1) is 5.68. The molecule has 0 saturated heterocycles. The Hall–Kier alpha value is 0.537. The van der Waals surface area contributed by atoms with Gasteiger partial charge in [-0.25, -0.2) is 0 Å². The van der Waals surface area contributed by atoms with Crippen LogP contribution in [0, 0.1) is 0 Å². The number of halogens is 2. The van der Waals surface area contributed by atoms with Crippen LogP contribution in [0.4, 0.5) is 0 Å². The van der Waals surface area contributed by atoms with Gasteiger partial charge in [-0.2, -0.15) is 22.2 Å². The first-order valence-corrected chi connectivity index (χ1v) is 8.73. The summed E-state index contributed by atoms with van der Waals surface area (Å²) in [6.07, 6.45) is 8.11. The van der Waals surface area contributed by atoms with Gasteiger partial charge in [0.2, 0.25) is 7.42 Å². The largest absolute Gasteiger partial charge is 0.239 e. The third-order valence-corrected chi connectivity index (χ3v) is 5.77. The molecule has 3 heteroatoms. The molecule has 12 heavy (non-hydrogen) atoms. The van der Waals surface area contributed by atoms with Crippen LogP contribution >= 0.6 is 22.2 Å². The Labute approximate surface area is 87.0 Å². The monoisotopic (exact) mass is 224 g/mol. The summed E-state index contributed by atoms with van der Waals surface area (Å²) in [4.78, 5) is 0. The minimum absolute atomic E-state index is 0.567. The van der Waals surface area contributed by atoms with Gasteiger partial charge in [-0.3, -0.25) is 0 Å². The van der Waals surface area contributed by atoms with E-state index in [0.29, 0.717) is 5.54 Å². The topological polar surface area (TPSA) is 0 Å². The molecular formula is C9H18Cl2Si. The van der Waals surface area contributed by atoms with Crippen molar-refractivity contribution in [3.8, 4) is 0 Å². The van der Waals surface area contributed by atoms with Crippen LogP contribution < -0.4 is 0 Å². The third kappa shape index (κ3) is 7.20. The van der Waals surface area contributed by atoms with E-state index in [4.69, 9.17) is 22.2 Å². The highest BCUT2D eigenvalue weighted by Crippen LogP contribution is 2.23. The second-order valence-corrected chi connectivity index (χ2v) is 8.54. The molecule has 0 spiro atoms. The normalized spacial score (nSPS) is 13.3. The van der Waals surface area contributed by atoms with Crippen LogP contribution in [-0.4, -0.2) is 7.42 Å². The summed E-state index contributed by atoms with van der Waals surface area (Å²) in [5.41, 5.74) is 0.567. The Balaban J connectivity index is 3.13. The molecule has 0 aromatic heterocycles. The standard InChI is InChI=1S/C9H18Cl2Si/c1-3-4-5-6-7-8-9(2)12(10)11/h3,9,12H,1,4-8H2,2H3. The zero-order chi connectivity index (χ0) is 9.40. The Bertz CT molecular complexity index is 115. The molecule has 0 heterocycles. The second kappa shape index (κ2) is 8.15. The number of hydrogen-bond donors (Lipinski definition) is 0. The molecule has 0 N–H and O–H groups in total. The van der Waals surface area contributed by atoms with Crippen LogP contribution in [0.25, 0.3) is 0 Å². The van der Waals surface area contributed by atoms with Gasteiger partial charge in [-0.05, 0) is 18.4 Å². The molecule has 0 saturated carbocycles. The predicted molar refractivity (Wildman–Crippen MR) is 61.6 cm³/mol. The molecule has 0 radical (unpaired) electrons.